The molecular weight excluding hydrogens is 423 g/mol. The minimum Gasteiger partial charge on any atom is -0.497 e. The van der Waals surface area contributed by atoms with Gasteiger partial charge in [0.1, 0.15) is 29.8 Å². The van der Waals surface area contributed by atoms with E-state index in [9.17, 15) is 14.4 Å². The number of hydrogen-bond acceptors (Lipinski definition) is 5. The van der Waals surface area contributed by atoms with Crippen LogP contribution in [0, 0.1) is 17.1 Å². The Balaban J connectivity index is 1.68. The quantitative estimate of drug-likeness (QED) is 0.382. The molecule has 0 atom stereocenters. The predicted molar refractivity (Wildman–Crippen MR) is 122 cm³/mol. The second-order valence-electron chi connectivity index (χ2n) is 6.99. The summed E-state index contributed by atoms with van der Waals surface area (Å²) in [7, 11) is 3.06. The van der Waals surface area contributed by atoms with Crippen molar-refractivity contribution in [3.05, 3.63) is 94.8 Å². The van der Waals surface area contributed by atoms with Gasteiger partial charge in [-0.1, -0.05) is 36.4 Å². The maximum absolute atomic E-state index is 13.8. The van der Waals surface area contributed by atoms with Crippen LogP contribution in [0.5, 0.6) is 17.2 Å². The van der Waals surface area contributed by atoms with Gasteiger partial charge in [-0.25, -0.2) is 4.39 Å². The van der Waals surface area contributed by atoms with Crippen LogP contribution in [-0.4, -0.2) is 20.1 Å². The minimum absolute atomic E-state index is 0.0371. The lowest BCUT2D eigenvalue weighted by molar-refractivity contribution is -0.117. The highest BCUT2D eigenvalue weighted by Crippen LogP contribution is 2.30. The summed E-state index contributed by atoms with van der Waals surface area (Å²) in [5.74, 6) is 0.692. The van der Waals surface area contributed by atoms with Crippen molar-refractivity contribution in [1.82, 2.24) is 5.32 Å². The average Bonchev–Trinajstić information content (AvgIpc) is 2.85. The molecule has 0 aliphatic carbocycles. The number of rotatable bonds is 9. The van der Waals surface area contributed by atoms with E-state index in [0.29, 0.717) is 22.6 Å². The van der Waals surface area contributed by atoms with E-state index in [1.54, 1.807) is 55.6 Å². The maximum atomic E-state index is 13.8. The molecule has 7 heteroatoms. The second-order valence-corrected chi connectivity index (χ2v) is 6.99. The number of hydrogen-bond donors (Lipinski definition) is 1. The third-order valence-corrected chi connectivity index (χ3v) is 4.82. The van der Waals surface area contributed by atoms with E-state index in [1.165, 1.54) is 19.3 Å². The van der Waals surface area contributed by atoms with E-state index in [0.717, 1.165) is 11.3 Å². The normalized spacial score (nSPS) is 10.8. The highest BCUT2D eigenvalue weighted by Gasteiger charge is 2.11. The number of amides is 1. The molecule has 0 heterocycles. The number of benzene rings is 3. The smallest absolute Gasteiger partial charge is 0.262 e. The summed E-state index contributed by atoms with van der Waals surface area (Å²) in [6.45, 7) is 0.309. The molecule has 33 heavy (non-hydrogen) atoms. The first-order valence-electron chi connectivity index (χ1n) is 10.1. The summed E-state index contributed by atoms with van der Waals surface area (Å²) in [4.78, 5) is 12.5. The molecule has 0 saturated heterocycles. The molecule has 0 unspecified atom stereocenters. The van der Waals surface area contributed by atoms with Crippen LogP contribution < -0.4 is 19.5 Å². The van der Waals surface area contributed by atoms with Crippen molar-refractivity contribution in [2.45, 2.75) is 13.2 Å². The van der Waals surface area contributed by atoms with Gasteiger partial charge in [0.15, 0.2) is 11.5 Å². The van der Waals surface area contributed by atoms with Crippen molar-refractivity contribution in [3.63, 3.8) is 0 Å². The zero-order valence-electron chi connectivity index (χ0n) is 18.3. The van der Waals surface area contributed by atoms with E-state index in [2.05, 4.69) is 5.32 Å². The summed E-state index contributed by atoms with van der Waals surface area (Å²) >= 11 is 0. The van der Waals surface area contributed by atoms with Crippen molar-refractivity contribution in [3.8, 4) is 23.3 Å². The Morgan fingerprint density at radius 3 is 2.45 bits per heavy atom. The first-order valence-corrected chi connectivity index (χ1v) is 10.1. The molecule has 0 aromatic heterocycles. The van der Waals surface area contributed by atoms with E-state index >= 15 is 0 Å². The summed E-state index contributed by atoms with van der Waals surface area (Å²) in [5, 5.41) is 12.2. The summed E-state index contributed by atoms with van der Waals surface area (Å²) in [5.41, 5.74) is 1.83. The Labute approximate surface area is 191 Å². The SMILES string of the molecule is COc1ccc(CNC(=O)/C(C#N)=C/c2ccc(OCc3ccccc3F)c(OC)c2)cc1. The van der Waals surface area contributed by atoms with Gasteiger partial charge in [0.05, 0.1) is 14.2 Å². The molecule has 6 nitrogen and oxygen atoms in total. The third-order valence-electron chi connectivity index (χ3n) is 4.82. The number of nitrogens with one attached hydrogen (secondary N) is 1. The first-order chi connectivity index (χ1) is 16.0. The van der Waals surface area contributed by atoms with Crippen LogP contribution in [0.2, 0.25) is 0 Å². The molecule has 0 fully saturated rings. The first kappa shape index (κ1) is 23.4. The van der Waals surface area contributed by atoms with Gasteiger partial charge in [-0.2, -0.15) is 5.26 Å². The average molecular weight is 446 g/mol. The Morgan fingerprint density at radius 1 is 1.03 bits per heavy atom. The van der Waals surface area contributed by atoms with E-state index in [-0.39, 0.29) is 24.5 Å². The zero-order valence-corrected chi connectivity index (χ0v) is 18.3. The van der Waals surface area contributed by atoms with Gasteiger partial charge >= 0.3 is 0 Å². The fraction of sp³-hybridized carbons (Fsp3) is 0.154. The lowest BCUT2D eigenvalue weighted by Crippen LogP contribution is -2.23. The van der Waals surface area contributed by atoms with Gasteiger partial charge in [-0.15, -0.1) is 0 Å². The van der Waals surface area contributed by atoms with Crippen LogP contribution in [0.4, 0.5) is 4.39 Å². The molecule has 0 aliphatic rings. The lowest BCUT2D eigenvalue weighted by Gasteiger charge is -2.12. The van der Waals surface area contributed by atoms with Gasteiger partial charge < -0.3 is 19.5 Å². The number of nitrogens with zero attached hydrogens (tertiary/aromatic N) is 1. The highest BCUT2D eigenvalue weighted by molar-refractivity contribution is 6.01. The Kier molecular flexibility index (Phi) is 8.03. The standard InChI is InChI=1S/C26H23FN2O4/c1-31-22-10-7-18(8-11-22)16-29-26(30)21(15-28)13-19-9-12-24(25(14-19)32-2)33-17-20-5-3-4-6-23(20)27/h3-14H,16-17H2,1-2H3,(H,29,30)/b21-13+. The molecule has 0 saturated carbocycles. The maximum Gasteiger partial charge on any atom is 0.262 e. The fourth-order valence-corrected chi connectivity index (χ4v) is 3.00. The van der Waals surface area contributed by atoms with Crippen LogP contribution >= 0.6 is 0 Å². The number of carbonyl (C=O) groups is 1. The topological polar surface area (TPSA) is 80.6 Å². The molecule has 1 amide bonds. The number of halogens is 1. The summed E-state index contributed by atoms with van der Waals surface area (Å²) in [6.07, 6.45) is 1.46. The van der Waals surface area contributed by atoms with Gasteiger partial charge in [-0.3, -0.25) is 4.79 Å². The third kappa shape index (κ3) is 6.34. The zero-order chi connectivity index (χ0) is 23.6. The Bertz CT molecular complexity index is 1180. The molecular formula is C26H23FN2O4. The van der Waals surface area contributed by atoms with E-state index in [4.69, 9.17) is 14.2 Å². The fourth-order valence-electron chi connectivity index (χ4n) is 3.00. The largest absolute Gasteiger partial charge is 0.497 e. The molecule has 3 rings (SSSR count). The molecule has 0 spiro atoms. The summed E-state index contributed by atoms with van der Waals surface area (Å²) in [6, 6.07) is 20.5. The van der Waals surface area contributed by atoms with Crippen LogP contribution in [0.25, 0.3) is 6.08 Å². The Morgan fingerprint density at radius 2 is 1.79 bits per heavy atom. The molecule has 0 radical (unpaired) electrons. The van der Waals surface area contributed by atoms with Gasteiger partial charge in [-0.05, 0) is 47.5 Å². The van der Waals surface area contributed by atoms with Gasteiger partial charge in [0.2, 0.25) is 0 Å². The molecule has 3 aromatic carbocycles. The van der Waals surface area contributed by atoms with Crippen molar-refractivity contribution in [1.29, 1.82) is 5.26 Å². The number of ether oxygens (including phenoxy) is 3. The van der Waals surface area contributed by atoms with Crippen LogP contribution in [0.1, 0.15) is 16.7 Å². The predicted octanol–water partition coefficient (Wildman–Crippen LogP) is 4.65. The van der Waals surface area contributed by atoms with Crippen LogP contribution in [0.3, 0.4) is 0 Å². The van der Waals surface area contributed by atoms with Gasteiger partial charge in [0, 0.05) is 12.1 Å². The Hall–Kier alpha value is -4.31. The molecule has 1 N–H and O–H groups in total. The number of nitriles is 1. The molecule has 0 bridgehead atoms. The van der Waals surface area contributed by atoms with Crippen molar-refractivity contribution >= 4 is 12.0 Å². The second kappa shape index (κ2) is 11.3. The van der Waals surface area contributed by atoms with Crippen LogP contribution in [-0.2, 0) is 17.9 Å². The molecule has 168 valence electrons. The number of methoxy groups -OCH3 is 2. The molecule has 0 aliphatic heterocycles. The van der Waals surface area contributed by atoms with Crippen LogP contribution in [0.15, 0.2) is 72.3 Å². The minimum atomic E-state index is -0.493. The number of carbonyl (C=O) groups excluding carboxylic acids is 1. The van der Waals surface area contributed by atoms with Crippen molar-refractivity contribution < 1.29 is 23.4 Å². The van der Waals surface area contributed by atoms with E-state index in [1.807, 2.05) is 18.2 Å². The monoisotopic (exact) mass is 446 g/mol. The van der Waals surface area contributed by atoms with Crippen molar-refractivity contribution in [2.24, 2.45) is 0 Å². The summed E-state index contributed by atoms with van der Waals surface area (Å²) < 4.78 is 30.0. The lowest BCUT2D eigenvalue weighted by atomic mass is 10.1. The van der Waals surface area contributed by atoms with E-state index < -0.39 is 5.91 Å². The highest BCUT2D eigenvalue weighted by atomic mass is 19.1. The van der Waals surface area contributed by atoms with Crippen molar-refractivity contribution in [2.75, 3.05) is 14.2 Å². The molecule has 3 aromatic rings. The van der Waals surface area contributed by atoms with Gasteiger partial charge in [0.25, 0.3) is 5.91 Å².